The van der Waals surface area contributed by atoms with Crippen LogP contribution >= 0.6 is 15.9 Å². The van der Waals surface area contributed by atoms with Crippen LogP contribution in [0.2, 0.25) is 0 Å². The first kappa shape index (κ1) is 11.1. The molecule has 0 amide bonds. The van der Waals surface area contributed by atoms with Crippen LogP contribution in [0.3, 0.4) is 0 Å². The van der Waals surface area contributed by atoms with Crippen molar-refractivity contribution in [1.82, 2.24) is 9.97 Å². The summed E-state index contributed by atoms with van der Waals surface area (Å²) in [7, 11) is 1.65. The molecule has 1 heterocycles. The van der Waals surface area contributed by atoms with Gasteiger partial charge in [0.1, 0.15) is 12.1 Å². The highest BCUT2D eigenvalue weighted by Gasteiger charge is 2.07. The van der Waals surface area contributed by atoms with E-state index in [4.69, 9.17) is 4.74 Å². The van der Waals surface area contributed by atoms with Gasteiger partial charge < -0.3 is 4.74 Å². The van der Waals surface area contributed by atoms with Gasteiger partial charge in [-0.05, 0) is 31.2 Å². The van der Waals surface area contributed by atoms with Crippen LogP contribution in [0.25, 0.3) is 11.3 Å². The molecule has 0 bridgehead atoms. The number of aryl methyl sites for hydroxylation is 1. The second kappa shape index (κ2) is 4.61. The minimum Gasteiger partial charge on any atom is -0.496 e. The van der Waals surface area contributed by atoms with Gasteiger partial charge in [0.2, 0.25) is 0 Å². The third kappa shape index (κ3) is 2.22. The van der Waals surface area contributed by atoms with Crippen molar-refractivity contribution in [3.8, 4) is 17.0 Å². The van der Waals surface area contributed by atoms with E-state index in [0.717, 1.165) is 27.2 Å². The summed E-state index contributed by atoms with van der Waals surface area (Å²) in [6.45, 7) is 1.94. The SMILES string of the molecule is COc1ccc(Br)cc1-c1cc(C)ncn1. The number of ether oxygens (including phenoxy) is 1. The molecule has 2 rings (SSSR count). The highest BCUT2D eigenvalue weighted by molar-refractivity contribution is 9.10. The Balaban J connectivity index is 2.58. The van der Waals surface area contributed by atoms with Crippen LogP contribution in [0, 0.1) is 6.92 Å². The molecule has 0 unspecified atom stereocenters. The van der Waals surface area contributed by atoms with Crippen LogP contribution in [0.15, 0.2) is 35.1 Å². The third-order valence-electron chi connectivity index (χ3n) is 2.24. The Morgan fingerprint density at radius 2 is 2.00 bits per heavy atom. The van der Waals surface area contributed by atoms with Crippen molar-refractivity contribution in [3.63, 3.8) is 0 Å². The number of halogens is 1. The van der Waals surface area contributed by atoms with Crippen LogP contribution < -0.4 is 4.74 Å². The van der Waals surface area contributed by atoms with Crippen LogP contribution in [-0.4, -0.2) is 17.1 Å². The molecule has 0 spiro atoms. The number of methoxy groups -OCH3 is 1. The number of aromatic nitrogens is 2. The molecule has 0 aliphatic heterocycles. The fraction of sp³-hybridized carbons (Fsp3) is 0.167. The van der Waals surface area contributed by atoms with Crippen LogP contribution in [0.1, 0.15) is 5.69 Å². The molecule has 16 heavy (non-hydrogen) atoms. The molecule has 0 atom stereocenters. The van der Waals surface area contributed by atoms with E-state index in [1.54, 1.807) is 13.4 Å². The Kier molecular flexibility index (Phi) is 3.19. The number of nitrogens with zero attached hydrogens (tertiary/aromatic N) is 2. The highest BCUT2D eigenvalue weighted by Crippen LogP contribution is 2.31. The summed E-state index contributed by atoms with van der Waals surface area (Å²) in [5, 5.41) is 0. The molecule has 0 aliphatic rings. The zero-order chi connectivity index (χ0) is 11.5. The highest BCUT2D eigenvalue weighted by atomic mass is 79.9. The molecule has 1 aromatic carbocycles. The normalized spacial score (nSPS) is 10.2. The first-order valence-corrected chi connectivity index (χ1v) is 5.62. The van der Waals surface area contributed by atoms with Crippen LogP contribution in [0.4, 0.5) is 0 Å². The van der Waals surface area contributed by atoms with Gasteiger partial charge in [-0.25, -0.2) is 9.97 Å². The summed E-state index contributed by atoms with van der Waals surface area (Å²) < 4.78 is 6.31. The molecule has 3 nitrogen and oxygen atoms in total. The van der Waals surface area contributed by atoms with Crippen molar-refractivity contribution >= 4 is 15.9 Å². The van der Waals surface area contributed by atoms with Gasteiger partial charge in [-0.3, -0.25) is 0 Å². The van der Waals surface area contributed by atoms with E-state index in [9.17, 15) is 0 Å². The van der Waals surface area contributed by atoms with Crippen LogP contribution in [-0.2, 0) is 0 Å². The summed E-state index contributed by atoms with van der Waals surface area (Å²) in [6, 6.07) is 7.78. The first-order valence-electron chi connectivity index (χ1n) is 4.83. The minimum absolute atomic E-state index is 0.807. The standard InChI is InChI=1S/C12H11BrN2O/c1-8-5-11(15-7-14-8)10-6-9(13)3-4-12(10)16-2/h3-7H,1-2H3. The maximum Gasteiger partial charge on any atom is 0.128 e. The molecule has 82 valence electrons. The lowest BCUT2D eigenvalue weighted by molar-refractivity contribution is 0.416. The Morgan fingerprint density at radius 3 is 2.69 bits per heavy atom. The summed E-state index contributed by atoms with van der Waals surface area (Å²) in [5.41, 5.74) is 2.76. The van der Waals surface area contributed by atoms with Crippen molar-refractivity contribution < 1.29 is 4.74 Å². The molecular weight excluding hydrogens is 268 g/mol. The zero-order valence-corrected chi connectivity index (χ0v) is 10.7. The average Bonchev–Trinajstić information content (AvgIpc) is 2.29. The van der Waals surface area contributed by atoms with Crippen molar-refractivity contribution in [2.75, 3.05) is 7.11 Å². The predicted molar refractivity (Wildman–Crippen MR) is 66.5 cm³/mol. The van der Waals surface area contributed by atoms with Gasteiger partial charge in [0, 0.05) is 15.7 Å². The molecule has 4 heteroatoms. The van der Waals surface area contributed by atoms with E-state index in [-0.39, 0.29) is 0 Å². The minimum atomic E-state index is 0.807. The monoisotopic (exact) mass is 278 g/mol. The molecule has 1 aromatic heterocycles. The van der Waals surface area contributed by atoms with Gasteiger partial charge in [-0.15, -0.1) is 0 Å². The molecule has 0 radical (unpaired) electrons. The van der Waals surface area contributed by atoms with Gasteiger partial charge in [0.15, 0.2) is 0 Å². The van der Waals surface area contributed by atoms with E-state index >= 15 is 0 Å². The fourth-order valence-electron chi connectivity index (χ4n) is 1.48. The summed E-state index contributed by atoms with van der Waals surface area (Å²) in [6.07, 6.45) is 1.56. The average molecular weight is 279 g/mol. The molecular formula is C12H11BrN2O. The Hall–Kier alpha value is -1.42. The number of hydrogen-bond acceptors (Lipinski definition) is 3. The second-order valence-electron chi connectivity index (χ2n) is 3.39. The topological polar surface area (TPSA) is 35.0 Å². The number of benzene rings is 1. The van der Waals surface area contributed by atoms with Gasteiger partial charge >= 0.3 is 0 Å². The summed E-state index contributed by atoms with van der Waals surface area (Å²) in [4.78, 5) is 8.33. The maximum absolute atomic E-state index is 5.31. The lowest BCUT2D eigenvalue weighted by Crippen LogP contribution is -1.92. The van der Waals surface area contributed by atoms with Crippen LogP contribution in [0.5, 0.6) is 5.75 Å². The predicted octanol–water partition coefficient (Wildman–Crippen LogP) is 3.22. The maximum atomic E-state index is 5.31. The molecule has 0 saturated heterocycles. The molecule has 0 fully saturated rings. The molecule has 0 aliphatic carbocycles. The lowest BCUT2D eigenvalue weighted by Gasteiger charge is -2.08. The summed E-state index contributed by atoms with van der Waals surface area (Å²) in [5.74, 6) is 0.807. The van der Waals surface area contributed by atoms with E-state index < -0.39 is 0 Å². The number of hydrogen-bond donors (Lipinski definition) is 0. The fourth-order valence-corrected chi connectivity index (χ4v) is 1.84. The van der Waals surface area contributed by atoms with Crippen molar-refractivity contribution in [2.45, 2.75) is 6.92 Å². The zero-order valence-electron chi connectivity index (χ0n) is 9.07. The largest absolute Gasteiger partial charge is 0.496 e. The van der Waals surface area contributed by atoms with E-state index in [1.807, 2.05) is 31.2 Å². The van der Waals surface area contributed by atoms with E-state index in [1.165, 1.54) is 0 Å². The van der Waals surface area contributed by atoms with Gasteiger partial charge in [-0.2, -0.15) is 0 Å². The number of rotatable bonds is 2. The second-order valence-corrected chi connectivity index (χ2v) is 4.30. The van der Waals surface area contributed by atoms with Crippen molar-refractivity contribution in [1.29, 1.82) is 0 Å². The first-order chi connectivity index (χ1) is 7.70. The quantitative estimate of drug-likeness (QED) is 0.846. The Labute approximate surface area is 103 Å². The summed E-state index contributed by atoms with van der Waals surface area (Å²) >= 11 is 3.44. The molecule has 0 saturated carbocycles. The van der Waals surface area contributed by atoms with Crippen molar-refractivity contribution in [2.24, 2.45) is 0 Å². The van der Waals surface area contributed by atoms with Gasteiger partial charge in [0.05, 0.1) is 12.8 Å². The molecule has 0 N–H and O–H groups in total. The Bertz CT molecular complexity index is 514. The van der Waals surface area contributed by atoms with E-state index in [0.29, 0.717) is 0 Å². The smallest absolute Gasteiger partial charge is 0.128 e. The van der Waals surface area contributed by atoms with Crippen molar-refractivity contribution in [3.05, 3.63) is 40.8 Å². The van der Waals surface area contributed by atoms with Gasteiger partial charge in [-0.1, -0.05) is 15.9 Å². The molecule has 2 aromatic rings. The van der Waals surface area contributed by atoms with E-state index in [2.05, 4.69) is 25.9 Å². The van der Waals surface area contributed by atoms with Gasteiger partial charge in [0.25, 0.3) is 0 Å². The third-order valence-corrected chi connectivity index (χ3v) is 2.73. The Morgan fingerprint density at radius 1 is 1.19 bits per heavy atom. The lowest BCUT2D eigenvalue weighted by atomic mass is 10.1.